The van der Waals surface area contributed by atoms with Gasteiger partial charge in [-0.3, -0.25) is 14.8 Å². The number of aromatic nitrogens is 4. The molecule has 0 amide bonds. The van der Waals surface area contributed by atoms with Crippen molar-refractivity contribution in [3.63, 3.8) is 0 Å². The molecular formula is C45H40N6O. The van der Waals surface area contributed by atoms with E-state index in [9.17, 15) is 0 Å². The highest BCUT2D eigenvalue weighted by Gasteiger charge is 2.42. The number of H-pyrrole nitrogens is 2. The summed E-state index contributed by atoms with van der Waals surface area (Å²) < 4.78 is 0. The molecule has 4 aromatic carbocycles. The van der Waals surface area contributed by atoms with Gasteiger partial charge in [0.05, 0.1) is 23.2 Å². The van der Waals surface area contributed by atoms with Gasteiger partial charge in [-0.15, -0.1) is 0 Å². The number of carbonyl (C=O) groups is 1. The molecule has 4 N–H and O–H groups in total. The molecule has 0 bridgehead atoms. The standard InChI is InChI=1S/C45H40N6O/c52-45(41(37-29-48-39-23-9-7-21-35(37)39)43(31-15-3-1-4-16-31)50-27-33-19-11-13-25-46-33)42(38-30-49-40-24-10-8-22-36(38)40)44(32-17-5-2-6-18-32)51-28-34-20-12-14-26-47-34/h1-26,29-30,41-44,48-51H,27-28H2. The second-order valence-corrected chi connectivity index (χ2v) is 13.1. The molecule has 8 aromatic rings. The van der Waals surface area contributed by atoms with Crippen LogP contribution < -0.4 is 10.6 Å². The van der Waals surface area contributed by atoms with E-state index in [1.807, 2.05) is 122 Å². The van der Waals surface area contributed by atoms with Gasteiger partial charge < -0.3 is 20.6 Å². The second-order valence-electron chi connectivity index (χ2n) is 13.1. The smallest absolute Gasteiger partial charge is 0.151 e. The zero-order valence-electron chi connectivity index (χ0n) is 28.7. The average molecular weight is 681 g/mol. The van der Waals surface area contributed by atoms with Gasteiger partial charge in [0, 0.05) is 71.8 Å². The lowest BCUT2D eigenvalue weighted by Gasteiger charge is -2.34. The molecule has 4 unspecified atom stereocenters. The Kier molecular flexibility index (Phi) is 9.77. The van der Waals surface area contributed by atoms with Crippen LogP contribution in [0.1, 0.15) is 57.6 Å². The molecule has 0 aliphatic heterocycles. The minimum Gasteiger partial charge on any atom is -0.361 e. The molecular weight excluding hydrogens is 641 g/mol. The third-order valence-electron chi connectivity index (χ3n) is 9.97. The van der Waals surface area contributed by atoms with Gasteiger partial charge in [0.2, 0.25) is 0 Å². The Hall–Kier alpha value is -6.15. The maximum Gasteiger partial charge on any atom is 0.151 e. The van der Waals surface area contributed by atoms with Crippen LogP contribution in [0.15, 0.2) is 170 Å². The highest BCUT2D eigenvalue weighted by Crippen LogP contribution is 2.45. The summed E-state index contributed by atoms with van der Waals surface area (Å²) in [5, 5.41) is 9.70. The fraction of sp³-hybridized carbons (Fsp3) is 0.133. The number of fused-ring (bicyclic) bond motifs is 2. The summed E-state index contributed by atoms with van der Waals surface area (Å²) in [6.07, 6.45) is 7.66. The largest absolute Gasteiger partial charge is 0.361 e. The maximum atomic E-state index is 16.2. The number of pyridine rings is 2. The van der Waals surface area contributed by atoms with Crippen molar-refractivity contribution in [3.8, 4) is 0 Å². The lowest BCUT2D eigenvalue weighted by atomic mass is 9.73. The lowest BCUT2D eigenvalue weighted by Crippen LogP contribution is -2.38. The Morgan fingerprint density at radius 1 is 0.500 bits per heavy atom. The fourth-order valence-electron chi connectivity index (χ4n) is 7.50. The summed E-state index contributed by atoms with van der Waals surface area (Å²) in [5.74, 6) is -1.09. The molecule has 4 aromatic heterocycles. The first-order chi connectivity index (χ1) is 25.7. The summed E-state index contributed by atoms with van der Waals surface area (Å²) in [4.78, 5) is 32.5. The highest BCUT2D eigenvalue weighted by molar-refractivity contribution is 6.00. The zero-order valence-corrected chi connectivity index (χ0v) is 28.7. The summed E-state index contributed by atoms with van der Waals surface area (Å²) in [6, 6.07) is 48.2. The van der Waals surface area contributed by atoms with E-state index in [2.05, 4.69) is 79.1 Å². The molecule has 8 rings (SSSR count). The number of benzene rings is 4. The summed E-state index contributed by atoms with van der Waals surface area (Å²) in [5.41, 5.74) is 7.73. The zero-order chi connectivity index (χ0) is 35.1. The van der Waals surface area contributed by atoms with Crippen LogP contribution in [0.5, 0.6) is 0 Å². The van der Waals surface area contributed by atoms with Crippen LogP contribution >= 0.6 is 0 Å². The van der Waals surface area contributed by atoms with Gasteiger partial charge >= 0.3 is 0 Å². The molecule has 0 fully saturated rings. The minimum absolute atomic E-state index is 0.0965. The van der Waals surface area contributed by atoms with Gasteiger partial charge in [-0.05, 0) is 58.7 Å². The number of nitrogens with zero attached hydrogens (tertiary/aromatic N) is 2. The third-order valence-corrected chi connectivity index (χ3v) is 9.97. The average Bonchev–Trinajstić information content (AvgIpc) is 3.84. The van der Waals surface area contributed by atoms with E-state index in [-0.39, 0.29) is 17.9 Å². The van der Waals surface area contributed by atoms with Crippen LogP contribution in [-0.4, -0.2) is 25.7 Å². The van der Waals surface area contributed by atoms with Crippen LogP contribution in [-0.2, 0) is 17.9 Å². The summed E-state index contributed by atoms with van der Waals surface area (Å²) in [7, 11) is 0. The first kappa shape index (κ1) is 33.0. The molecule has 52 heavy (non-hydrogen) atoms. The SMILES string of the molecule is O=C(C(c1c[nH]c2ccccc12)C(NCc1ccccn1)c1ccccc1)C(c1c[nH]c2ccccc12)C(NCc1ccccn1)c1ccccc1. The quantitative estimate of drug-likeness (QED) is 0.0920. The fourth-order valence-corrected chi connectivity index (χ4v) is 7.50. The highest BCUT2D eigenvalue weighted by atomic mass is 16.1. The van der Waals surface area contributed by atoms with Crippen molar-refractivity contribution in [2.75, 3.05) is 0 Å². The maximum absolute atomic E-state index is 16.2. The molecule has 0 saturated carbocycles. The molecule has 0 saturated heterocycles. The summed E-state index contributed by atoms with van der Waals surface area (Å²) in [6.45, 7) is 0.981. The second kappa shape index (κ2) is 15.4. The Bertz CT molecular complexity index is 2190. The van der Waals surface area contributed by atoms with Gasteiger partial charge in [-0.25, -0.2) is 0 Å². The molecule has 4 heterocycles. The van der Waals surface area contributed by atoms with Crippen LogP contribution in [0.4, 0.5) is 0 Å². The summed E-state index contributed by atoms with van der Waals surface area (Å²) >= 11 is 0. The minimum atomic E-state index is -0.594. The number of hydrogen-bond acceptors (Lipinski definition) is 5. The monoisotopic (exact) mass is 680 g/mol. The lowest BCUT2D eigenvalue weighted by molar-refractivity contribution is -0.123. The molecule has 0 aliphatic carbocycles. The van der Waals surface area contributed by atoms with Crippen LogP contribution in [0.25, 0.3) is 21.8 Å². The molecule has 7 heteroatoms. The Balaban J connectivity index is 1.33. The van der Waals surface area contributed by atoms with Crippen LogP contribution in [0.2, 0.25) is 0 Å². The van der Waals surface area contributed by atoms with E-state index in [1.165, 1.54) is 0 Å². The predicted octanol–water partition coefficient (Wildman–Crippen LogP) is 8.94. The van der Waals surface area contributed by atoms with Crippen LogP contribution in [0, 0.1) is 0 Å². The van der Waals surface area contributed by atoms with Crippen LogP contribution in [0.3, 0.4) is 0 Å². The molecule has 4 atom stereocenters. The molecule has 0 radical (unpaired) electrons. The first-order valence-electron chi connectivity index (χ1n) is 17.8. The van der Waals surface area contributed by atoms with Gasteiger partial charge in [0.25, 0.3) is 0 Å². The van der Waals surface area contributed by atoms with Crippen molar-refractivity contribution in [2.45, 2.75) is 37.0 Å². The Morgan fingerprint density at radius 3 is 1.33 bits per heavy atom. The van der Waals surface area contributed by atoms with E-state index >= 15 is 4.79 Å². The molecule has 256 valence electrons. The van der Waals surface area contributed by atoms with Crippen molar-refractivity contribution in [3.05, 3.63) is 204 Å². The number of aromatic amines is 2. The molecule has 0 spiro atoms. The van der Waals surface area contributed by atoms with Crippen molar-refractivity contribution >= 4 is 27.6 Å². The van der Waals surface area contributed by atoms with E-state index < -0.39 is 11.8 Å². The van der Waals surface area contributed by atoms with Gasteiger partial charge in [-0.1, -0.05) is 109 Å². The van der Waals surface area contributed by atoms with E-state index in [4.69, 9.17) is 0 Å². The van der Waals surface area contributed by atoms with Crippen molar-refractivity contribution in [2.24, 2.45) is 0 Å². The number of para-hydroxylation sites is 2. The van der Waals surface area contributed by atoms with Crippen molar-refractivity contribution in [1.29, 1.82) is 0 Å². The topological polar surface area (TPSA) is 98.5 Å². The number of hydrogen-bond donors (Lipinski definition) is 4. The predicted molar refractivity (Wildman–Crippen MR) is 208 cm³/mol. The third kappa shape index (κ3) is 6.92. The van der Waals surface area contributed by atoms with E-state index in [0.29, 0.717) is 13.1 Å². The molecule has 0 aliphatic rings. The molecule has 7 nitrogen and oxygen atoms in total. The number of nitrogens with one attached hydrogen (secondary N) is 4. The Labute approximate surface area is 303 Å². The number of carbonyl (C=O) groups excluding carboxylic acids is 1. The normalized spacial score (nSPS) is 13.8. The van der Waals surface area contributed by atoms with Gasteiger partial charge in [-0.2, -0.15) is 0 Å². The van der Waals surface area contributed by atoms with Gasteiger partial charge in [0.1, 0.15) is 0 Å². The Morgan fingerprint density at radius 2 is 0.904 bits per heavy atom. The van der Waals surface area contributed by atoms with E-state index in [0.717, 1.165) is 55.4 Å². The first-order valence-corrected chi connectivity index (χ1v) is 17.8. The van der Waals surface area contributed by atoms with E-state index in [1.54, 1.807) is 0 Å². The van der Waals surface area contributed by atoms with Crippen molar-refractivity contribution in [1.82, 2.24) is 30.6 Å². The number of rotatable bonds is 14. The van der Waals surface area contributed by atoms with Gasteiger partial charge in [0.15, 0.2) is 5.78 Å². The number of ketones is 1. The van der Waals surface area contributed by atoms with Crippen molar-refractivity contribution < 1.29 is 4.79 Å². The number of Topliss-reactive ketones (excluding diaryl/α,β-unsaturated/α-hetero) is 1.